The molecule has 396 valence electrons. The lowest BCUT2D eigenvalue weighted by Crippen LogP contribution is -2.18. The van der Waals surface area contributed by atoms with Crippen LogP contribution in [-0.4, -0.2) is 23.7 Å². The Balaban J connectivity index is 0.988. The first-order valence-electron chi connectivity index (χ1n) is 28.4. The molecule has 16 rings (SSSR count). The van der Waals surface area contributed by atoms with Gasteiger partial charge in [-0.05, 0) is 133 Å². The minimum absolute atomic E-state index is 0.498. The minimum Gasteiger partial charge on any atom is -0.310 e. The van der Waals surface area contributed by atoms with Crippen LogP contribution in [0.5, 0.6) is 0 Å². The van der Waals surface area contributed by atoms with Crippen molar-refractivity contribution in [1.29, 1.82) is 0 Å². The summed E-state index contributed by atoms with van der Waals surface area (Å²) >= 11 is 0. The van der Waals surface area contributed by atoms with E-state index in [1.54, 1.807) is 0 Å². The molecule has 8 nitrogen and oxygen atoms in total. The van der Waals surface area contributed by atoms with Crippen molar-refractivity contribution in [2.45, 2.75) is 0 Å². The summed E-state index contributed by atoms with van der Waals surface area (Å²) in [5.74, 6) is 1.88. The molecule has 16 aromatic rings. The summed E-state index contributed by atoms with van der Waals surface area (Å²) in [6, 6.07) is 112. The summed E-state index contributed by atoms with van der Waals surface area (Å²) < 4.78 is 7.06. The van der Waals surface area contributed by atoms with E-state index in [2.05, 4.69) is 344 Å². The molecule has 0 amide bonds. The van der Waals surface area contributed by atoms with E-state index < -0.39 is 0 Å². The maximum absolute atomic E-state index is 5.85. The van der Waals surface area contributed by atoms with Crippen LogP contribution in [0, 0.1) is 0 Å². The van der Waals surface area contributed by atoms with E-state index in [9.17, 15) is 0 Å². The Morgan fingerprint density at radius 2 is 0.560 bits per heavy atom. The smallest absolute Gasteiger partial charge is 0.238 e. The molecule has 0 aliphatic carbocycles. The van der Waals surface area contributed by atoms with Gasteiger partial charge in [0.25, 0.3) is 0 Å². The van der Waals surface area contributed by atoms with Gasteiger partial charge in [-0.15, -0.1) is 0 Å². The fraction of sp³-hybridized carbons (Fsp3) is 0. The summed E-state index contributed by atoms with van der Waals surface area (Å²) in [6.45, 7) is 0. The van der Waals surface area contributed by atoms with E-state index in [-0.39, 0.29) is 0 Å². The molecule has 0 bridgehead atoms. The highest BCUT2D eigenvalue weighted by atomic mass is 15.3. The Morgan fingerprint density at radius 1 is 0.214 bits per heavy atom. The van der Waals surface area contributed by atoms with Gasteiger partial charge in [-0.1, -0.05) is 176 Å². The third kappa shape index (κ3) is 8.15. The van der Waals surface area contributed by atoms with E-state index in [1.165, 1.54) is 5.39 Å². The predicted molar refractivity (Wildman–Crippen MR) is 349 cm³/mol. The summed E-state index contributed by atoms with van der Waals surface area (Å²) in [5.41, 5.74) is 15.5. The van der Waals surface area contributed by atoms with Crippen LogP contribution in [0.4, 0.5) is 51.6 Å². The molecule has 0 radical (unpaired) electrons. The first-order valence-corrected chi connectivity index (χ1v) is 28.4. The lowest BCUT2D eigenvalue weighted by atomic mass is 10.1. The zero-order chi connectivity index (χ0) is 55.5. The second-order valence-electron chi connectivity index (χ2n) is 21.1. The van der Waals surface area contributed by atoms with E-state index >= 15 is 0 Å². The monoisotopic (exact) mass is 1080 g/mol. The van der Waals surface area contributed by atoms with Crippen molar-refractivity contribution in [3.05, 3.63) is 315 Å². The molecule has 0 saturated carbocycles. The predicted octanol–water partition coefficient (Wildman–Crippen LogP) is 20.2. The molecule has 4 heterocycles. The molecule has 0 atom stereocenters. The molecule has 84 heavy (non-hydrogen) atoms. The van der Waals surface area contributed by atoms with Crippen molar-refractivity contribution in [1.82, 2.24) is 23.7 Å². The Bertz CT molecular complexity index is 5040. The average Bonchev–Trinajstić information content (AvgIpc) is 2.44. The number of fused-ring (bicyclic) bond motifs is 9. The van der Waals surface area contributed by atoms with E-state index in [1.807, 2.05) is 0 Å². The van der Waals surface area contributed by atoms with Crippen molar-refractivity contribution in [2.24, 2.45) is 0 Å². The second kappa shape index (κ2) is 20.3. The molecule has 12 aromatic carbocycles. The van der Waals surface area contributed by atoms with Crippen molar-refractivity contribution in [2.75, 3.05) is 14.7 Å². The molecule has 0 N–H and O–H groups in total. The summed E-state index contributed by atoms with van der Waals surface area (Å²) in [5, 5.41) is 6.85. The second-order valence-corrected chi connectivity index (χ2v) is 21.1. The number of rotatable bonds is 12. The number of para-hydroxylation sites is 9. The maximum Gasteiger partial charge on any atom is 0.238 e. The van der Waals surface area contributed by atoms with E-state index in [0.29, 0.717) is 17.6 Å². The van der Waals surface area contributed by atoms with Crippen LogP contribution >= 0.6 is 0 Å². The van der Waals surface area contributed by atoms with Crippen LogP contribution in [0.1, 0.15) is 0 Å². The lowest BCUT2D eigenvalue weighted by Gasteiger charge is -2.28. The van der Waals surface area contributed by atoms with Crippen molar-refractivity contribution in [3.63, 3.8) is 0 Å². The number of benzene rings is 12. The Kier molecular flexibility index (Phi) is 11.7. The van der Waals surface area contributed by atoms with Crippen LogP contribution in [0.25, 0.3) is 82.6 Å². The van der Waals surface area contributed by atoms with Gasteiger partial charge in [-0.2, -0.15) is 9.97 Å². The number of anilines is 9. The standard InChI is InChI=1S/C76H52N8/c1-7-25-53(26-8-1)79(54-27-9-2-10-28-54)60-43-46-66-63-38-20-24-42-70(63)84(73(66)50-60)75-52-74(80(55-29-11-3-12-30-55)61-44-47-65-62-37-19-22-40-68(62)83(72(65)51-61)58-35-17-6-18-36-58)77-76(78-75)81(56-31-13-4-14-32-56)59-45-48-71-67(49-59)64-39-21-23-41-69(64)82(71)57-33-15-5-16-34-57/h1-52H. The molecule has 0 aliphatic rings. The fourth-order valence-corrected chi connectivity index (χ4v) is 12.5. The first kappa shape index (κ1) is 48.4. The van der Waals surface area contributed by atoms with Crippen LogP contribution in [0.15, 0.2) is 315 Å². The number of hydrogen-bond acceptors (Lipinski definition) is 5. The van der Waals surface area contributed by atoms with Gasteiger partial charge in [-0.25, -0.2) is 0 Å². The quantitative estimate of drug-likeness (QED) is 0.122. The zero-order valence-corrected chi connectivity index (χ0v) is 45.6. The van der Waals surface area contributed by atoms with Crippen LogP contribution in [0.3, 0.4) is 0 Å². The third-order valence-corrected chi connectivity index (χ3v) is 16.2. The molecule has 0 aliphatic heterocycles. The molecule has 0 fully saturated rings. The Hall–Kier alpha value is -11.5. The fourth-order valence-electron chi connectivity index (χ4n) is 12.5. The summed E-state index contributed by atoms with van der Waals surface area (Å²) in [6.07, 6.45) is 0. The Morgan fingerprint density at radius 3 is 1.07 bits per heavy atom. The van der Waals surface area contributed by atoms with Crippen molar-refractivity contribution in [3.8, 4) is 17.2 Å². The third-order valence-electron chi connectivity index (χ3n) is 16.2. The molecule has 0 unspecified atom stereocenters. The number of nitrogens with zero attached hydrogens (tertiary/aromatic N) is 8. The minimum atomic E-state index is 0.498. The van der Waals surface area contributed by atoms with Crippen molar-refractivity contribution >= 4 is 117 Å². The highest BCUT2D eigenvalue weighted by molar-refractivity contribution is 6.13. The number of aromatic nitrogens is 5. The SMILES string of the molecule is c1ccc(N(c2ccccc2)c2ccc3c4ccccc4n(-c4cc(N(c5ccccc5)c5ccc6c7ccccc7n(-c7ccccc7)c6c5)nc(N(c5ccccc5)c5ccc6c(c5)c5ccccc5n6-c5ccccc5)n4)c3c2)cc1. The largest absolute Gasteiger partial charge is 0.310 e. The van der Waals surface area contributed by atoms with Gasteiger partial charge in [0.15, 0.2) is 0 Å². The van der Waals surface area contributed by atoms with Gasteiger partial charge in [0, 0.05) is 89.6 Å². The van der Waals surface area contributed by atoms with Crippen LogP contribution in [-0.2, 0) is 0 Å². The normalized spacial score (nSPS) is 11.6. The molecule has 4 aromatic heterocycles. The topological polar surface area (TPSA) is 50.3 Å². The van der Waals surface area contributed by atoms with Gasteiger partial charge >= 0.3 is 0 Å². The van der Waals surface area contributed by atoms with Crippen molar-refractivity contribution < 1.29 is 0 Å². The molecule has 0 saturated heterocycles. The highest BCUT2D eigenvalue weighted by Gasteiger charge is 2.27. The Labute approximate surface area is 485 Å². The van der Waals surface area contributed by atoms with Gasteiger partial charge < -0.3 is 14.0 Å². The van der Waals surface area contributed by atoms with Gasteiger partial charge in [0.1, 0.15) is 11.6 Å². The maximum atomic E-state index is 5.85. The van der Waals surface area contributed by atoms with E-state index in [0.717, 1.165) is 111 Å². The van der Waals surface area contributed by atoms with Crippen LogP contribution in [0.2, 0.25) is 0 Å². The average molecular weight is 1080 g/mol. The van der Waals surface area contributed by atoms with Gasteiger partial charge in [0.2, 0.25) is 5.95 Å². The van der Waals surface area contributed by atoms with Crippen LogP contribution < -0.4 is 14.7 Å². The van der Waals surface area contributed by atoms with Gasteiger partial charge in [0.05, 0.1) is 33.1 Å². The zero-order valence-electron chi connectivity index (χ0n) is 45.6. The summed E-state index contributed by atoms with van der Waals surface area (Å²) in [4.78, 5) is 18.5. The first-order chi connectivity index (χ1) is 41.7. The molecule has 8 heteroatoms. The lowest BCUT2D eigenvalue weighted by molar-refractivity contribution is 0.997. The molecule has 0 spiro atoms. The molecular formula is C76H52N8. The van der Waals surface area contributed by atoms with E-state index in [4.69, 9.17) is 9.97 Å². The van der Waals surface area contributed by atoms with Gasteiger partial charge in [-0.3, -0.25) is 14.4 Å². The highest BCUT2D eigenvalue weighted by Crippen LogP contribution is 2.45. The summed E-state index contributed by atoms with van der Waals surface area (Å²) in [7, 11) is 0. The number of hydrogen-bond donors (Lipinski definition) is 0. The molecular weight excluding hydrogens is 1020 g/mol.